The lowest BCUT2D eigenvalue weighted by molar-refractivity contribution is -0.114. The maximum absolute atomic E-state index is 10.8. The van der Waals surface area contributed by atoms with E-state index in [1.54, 1.807) is 0 Å². The number of anilines is 1. The zero-order valence-corrected chi connectivity index (χ0v) is 9.28. The third-order valence-corrected chi connectivity index (χ3v) is 2.23. The highest BCUT2D eigenvalue weighted by molar-refractivity contribution is 5.88. The molecule has 0 saturated heterocycles. The number of hydrogen-bond donors (Lipinski definition) is 1. The van der Waals surface area contributed by atoms with E-state index in [9.17, 15) is 4.79 Å². The van der Waals surface area contributed by atoms with Crippen LogP contribution >= 0.6 is 0 Å². The molecular weight excluding hydrogens is 202 g/mol. The second-order valence-electron chi connectivity index (χ2n) is 3.67. The minimum Gasteiger partial charge on any atom is -0.461 e. The van der Waals surface area contributed by atoms with Gasteiger partial charge in [-0.05, 0) is 43.3 Å². The van der Waals surface area contributed by atoms with Gasteiger partial charge in [0.1, 0.15) is 11.5 Å². The van der Waals surface area contributed by atoms with Gasteiger partial charge in [0.15, 0.2) is 0 Å². The first-order valence-electron chi connectivity index (χ1n) is 5.09. The Morgan fingerprint density at radius 3 is 2.31 bits per heavy atom. The van der Waals surface area contributed by atoms with Gasteiger partial charge < -0.3 is 9.73 Å². The van der Waals surface area contributed by atoms with Gasteiger partial charge in [-0.2, -0.15) is 0 Å². The number of hydrogen-bond acceptors (Lipinski definition) is 2. The Hall–Kier alpha value is -2.03. The summed E-state index contributed by atoms with van der Waals surface area (Å²) < 4.78 is 5.50. The fourth-order valence-electron chi connectivity index (χ4n) is 1.51. The molecule has 0 atom stereocenters. The van der Waals surface area contributed by atoms with E-state index in [2.05, 4.69) is 5.32 Å². The van der Waals surface area contributed by atoms with Crippen molar-refractivity contribution in [3.63, 3.8) is 0 Å². The van der Waals surface area contributed by atoms with Gasteiger partial charge in [0.2, 0.25) is 5.91 Å². The van der Waals surface area contributed by atoms with E-state index >= 15 is 0 Å². The van der Waals surface area contributed by atoms with Crippen molar-refractivity contribution < 1.29 is 9.21 Å². The van der Waals surface area contributed by atoms with Crippen molar-refractivity contribution in [1.82, 2.24) is 0 Å². The lowest BCUT2D eigenvalue weighted by Crippen LogP contribution is -2.05. The van der Waals surface area contributed by atoms with Gasteiger partial charge in [0, 0.05) is 18.2 Å². The van der Waals surface area contributed by atoms with Crippen molar-refractivity contribution in [1.29, 1.82) is 0 Å². The first kappa shape index (κ1) is 10.5. The molecule has 16 heavy (non-hydrogen) atoms. The zero-order valence-electron chi connectivity index (χ0n) is 9.28. The van der Waals surface area contributed by atoms with Gasteiger partial charge in [-0.25, -0.2) is 0 Å². The molecule has 0 aliphatic rings. The molecule has 1 N–H and O–H groups in total. The standard InChI is InChI=1S/C13H13NO2/c1-9-3-8-13(16-9)11-4-6-12(7-5-11)14-10(2)15/h3-8H,1-2H3,(H,14,15). The van der Waals surface area contributed by atoms with Crippen LogP contribution in [0.3, 0.4) is 0 Å². The largest absolute Gasteiger partial charge is 0.461 e. The van der Waals surface area contributed by atoms with Crippen molar-refractivity contribution in [3.8, 4) is 11.3 Å². The molecule has 0 aliphatic carbocycles. The SMILES string of the molecule is CC(=O)Nc1ccc(-c2ccc(C)o2)cc1. The van der Waals surface area contributed by atoms with Gasteiger partial charge in [0.25, 0.3) is 0 Å². The summed E-state index contributed by atoms with van der Waals surface area (Å²) in [6.45, 7) is 3.40. The van der Waals surface area contributed by atoms with E-state index in [-0.39, 0.29) is 5.91 Å². The molecule has 2 rings (SSSR count). The summed E-state index contributed by atoms with van der Waals surface area (Å²) in [5.74, 6) is 1.66. The molecule has 0 unspecified atom stereocenters. The number of amides is 1. The van der Waals surface area contributed by atoms with E-state index in [0.717, 1.165) is 22.8 Å². The summed E-state index contributed by atoms with van der Waals surface area (Å²) in [4.78, 5) is 10.8. The second-order valence-corrected chi connectivity index (χ2v) is 3.67. The Labute approximate surface area is 94.1 Å². The van der Waals surface area contributed by atoms with Crippen LogP contribution < -0.4 is 5.32 Å². The fraction of sp³-hybridized carbons (Fsp3) is 0.154. The van der Waals surface area contributed by atoms with Gasteiger partial charge in [0.05, 0.1) is 0 Å². The van der Waals surface area contributed by atoms with Crippen LogP contribution in [-0.2, 0) is 4.79 Å². The minimum absolute atomic E-state index is 0.0680. The molecule has 0 aliphatic heterocycles. The van der Waals surface area contributed by atoms with Crippen molar-refractivity contribution in [3.05, 3.63) is 42.2 Å². The van der Waals surface area contributed by atoms with Crippen LogP contribution in [0.5, 0.6) is 0 Å². The first-order chi connectivity index (χ1) is 7.65. The maximum atomic E-state index is 10.8. The first-order valence-corrected chi connectivity index (χ1v) is 5.09. The Bertz CT molecular complexity index is 497. The molecule has 2 aromatic rings. The van der Waals surface area contributed by atoms with E-state index in [4.69, 9.17) is 4.42 Å². The van der Waals surface area contributed by atoms with Crippen LogP contribution in [0.15, 0.2) is 40.8 Å². The number of benzene rings is 1. The zero-order chi connectivity index (χ0) is 11.5. The number of rotatable bonds is 2. The molecule has 1 amide bonds. The summed E-state index contributed by atoms with van der Waals surface area (Å²) >= 11 is 0. The predicted molar refractivity (Wildman–Crippen MR) is 63.2 cm³/mol. The Balaban J connectivity index is 2.22. The van der Waals surface area contributed by atoms with Gasteiger partial charge >= 0.3 is 0 Å². The molecule has 0 fully saturated rings. The average molecular weight is 215 g/mol. The smallest absolute Gasteiger partial charge is 0.221 e. The molecule has 1 aromatic carbocycles. The minimum atomic E-state index is -0.0680. The van der Waals surface area contributed by atoms with E-state index < -0.39 is 0 Å². The molecule has 3 heteroatoms. The van der Waals surface area contributed by atoms with E-state index in [1.165, 1.54) is 6.92 Å². The second kappa shape index (κ2) is 4.23. The number of nitrogens with one attached hydrogen (secondary N) is 1. The summed E-state index contributed by atoms with van der Waals surface area (Å²) in [5, 5.41) is 2.72. The Kier molecular flexibility index (Phi) is 2.77. The molecular formula is C13H13NO2. The average Bonchev–Trinajstić information content (AvgIpc) is 2.65. The molecule has 82 valence electrons. The van der Waals surface area contributed by atoms with Gasteiger partial charge in [-0.3, -0.25) is 4.79 Å². The van der Waals surface area contributed by atoms with E-state index in [1.807, 2.05) is 43.3 Å². The van der Waals surface area contributed by atoms with Crippen LogP contribution in [0, 0.1) is 6.92 Å². The summed E-state index contributed by atoms with van der Waals surface area (Å²) in [6, 6.07) is 11.4. The molecule has 1 aromatic heterocycles. The number of carbonyl (C=O) groups excluding carboxylic acids is 1. The van der Waals surface area contributed by atoms with Crippen LogP contribution in [-0.4, -0.2) is 5.91 Å². The predicted octanol–water partition coefficient (Wildman–Crippen LogP) is 3.21. The number of aryl methyl sites for hydroxylation is 1. The Morgan fingerprint density at radius 1 is 1.12 bits per heavy atom. The van der Waals surface area contributed by atoms with Crippen molar-refractivity contribution in [2.45, 2.75) is 13.8 Å². The van der Waals surface area contributed by atoms with Crippen LogP contribution in [0.2, 0.25) is 0 Å². The van der Waals surface area contributed by atoms with Gasteiger partial charge in [-0.15, -0.1) is 0 Å². The van der Waals surface area contributed by atoms with Gasteiger partial charge in [-0.1, -0.05) is 0 Å². The highest BCUT2D eigenvalue weighted by atomic mass is 16.3. The van der Waals surface area contributed by atoms with E-state index in [0.29, 0.717) is 0 Å². The highest BCUT2D eigenvalue weighted by Crippen LogP contribution is 2.23. The third-order valence-electron chi connectivity index (χ3n) is 2.23. The van der Waals surface area contributed by atoms with Crippen molar-refractivity contribution in [2.75, 3.05) is 5.32 Å². The molecule has 0 saturated carbocycles. The van der Waals surface area contributed by atoms with Crippen molar-refractivity contribution in [2.24, 2.45) is 0 Å². The molecule has 1 heterocycles. The summed E-state index contributed by atoms with van der Waals surface area (Å²) in [6.07, 6.45) is 0. The topological polar surface area (TPSA) is 42.2 Å². The maximum Gasteiger partial charge on any atom is 0.221 e. The van der Waals surface area contributed by atoms with Crippen LogP contribution in [0.1, 0.15) is 12.7 Å². The Morgan fingerprint density at radius 2 is 1.81 bits per heavy atom. The fourth-order valence-corrected chi connectivity index (χ4v) is 1.51. The third kappa shape index (κ3) is 2.31. The lowest BCUT2D eigenvalue weighted by Gasteiger charge is -2.02. The van der Waals surface area contributed by atoms with Crippen LogP contribution in [0.25, 0.3) is 11.3 Å². The molecule has 3 nitrogen and oxygen atoms in total. The quantitative estimate of drug-likeness (QED) is 0.835. The number of furan rings is 1. The normalized spacial score (nSPS) is 10.1. The summed E-state index contributed by atoms with van der Waals surface area (Å²) in [5.41, 5.74) is 1.79. The van der Waals surface area contributed by atoms with Crippen LogP contribution in [0.4, 0.5) is 5.69 Å². The molecule has 0 bridgehead atoms. The summed E-state index contributed by atoms with van der Waals surface area (Å²) in [7, 11) is 0. The lowest BCUT2D eigenvalue weighted by atomic mass is 10.1. The molecule has 0 radical (unpaired) electrons. The van der Waals surface area contributed by atoms with Crippen molar-refractivity contribution >= 4 is 11.6 Å². The number of carbonyl (C=O) groups is 1. The monoisotopic (exact) mass is 215 g/mol. The molecule has 0 spiro atoms. The highest BCUT2D eigenvalue weighted by Gasteiger charge is 2.02.